The Morgan fingerprint density at radius 2 is 1.81 bits per heavy atom. The predicted molar refractivity (Wildman–Crippen MR) is 80.6 cm³/mol. The van der Waals surface area contributed by atoms with Gasteiger partial charge in [0.2, 0.25) is 11.8 Å². The lowest BCUT2D eigenvalue weighted by Gasteiger charge is -2.21. The number of carbonyl (C=O) groups excluding carboxylic acids is 2. The summed E-state index contributed by atoms with van der Waals surface area (Å²) in [4.78, 5) is 23.8. The summed E-state index contributed by atoms with van der Waals surface area (Å²) in [5, 5.41) is 14.9. The molecule has 2 amide bonds. The van der Waals surface area contributed by atoms with E-state index in [9.17, 15) is 9.59 Å². The molecule has 0 radical (unpaired) electrons. The fourth-order valence-electron chi connectivity index (χ4n) is 3.15. The highest BCUT2D eigenvalue weighted by atomic mass is 16.3. The predicted octanol–water partition coefficient (Wildman–Crippen LogP) is 1.35. The van der Waals surface area contributed by atoms with Crippen molar-refractivity contribution in [3.05, 3.63) is 0 Å². The Kier molecular flexibility index (Phi) is 6.49. The lowest BCUT2D eigenvalue weighted by atomic mass is 9.89. The minimum absolute atomic E-state index is 0.0238. The van der Waals surface area contributed by atoms with Gasteiger partial charge < -0.3 is 15.7 Å². The fraction of sp³-hybridized carbons (Fsp3) is 0.875. The number of amides is 2. The third-order valence-electron chi connectivity index (χ3n) is 4.60. The minimum atomic E-state index is -0.0238. The molecule has 2 fully saturated rings. The average molecular weight is 296 g/mol. The molecule has 0 aromatic heterocycles. The topological polar surface area (TPSA) is 78.4 Å². The van der Waals surface area contributed by atoms with Gasteiger partial charge >= 0.3 is 0 Å². The fourth-order valence-corrected chi connectivity index (χ4v) is 3.15. The third kappa shape index (κ3) is 5.65. The minimum Gasteiger partial charge on any atom is -0.396 e. The zero-order valence-corrected chi connectivity index (χ0v) is 12.8. The molecule has 0 heterocycles. The number of rotatable bonds is 8. The van der Waals surface area contributed by atoms with Crippen molar-refractivity contribution >= 4 is 11.8 Å². The van der Waals surface area contributed by atoms with Crippen LogP contribution in [0.2, 0.25) is 0 Å². The third-order valence-corrected chi connectivity index (χ3v) is 4.60. The van der Waals surface area contributed by atoms with Crippen LogP contribution in [-0.4, -0.2) is 36.1 Å². The molecule has 0 aliphatic heterocycles. The maximum atomic E-state index is 11.9. The standard InChI is InChI=1S/C16H28N2O3/c19-11-9-14(12-6-7-12)18-15(20)8-10-17-16(21)13-4-2-1-3-5-13/h12-14,19H,1-11H2,(H,17,21)(H,18,20). The molecule has 120 valence electrons. The summed E-state index contributed by atoms with van der Waals surface area (Å²) in [6.45, 7) is 0.525. The van der Waals surface area contributed by atoms with Gasteiger partial charge in [0.15, 0.2) is 0 Å². The van der Waals surface area contributed by atoms with Crippen molar-refractivity contribution in [2.24, 2.45) is 11.8 Å². The van der Waals surface area contributed by atoms with Gasteiger partial charge in [-0.25, -0.2) is 0 Å². The summed E-state index contributed by atoms with van der Waals surface area (Å²) in [5.74, 6) is 0.772. The largest absolute Gasteiger partial charge is 0.396 e. The number of aliphatic hydroxyl groups excluding tert-OH is 1. The highest BCUT2D eigenvalue weighted by Crippen LogP contribution is 2.33. The molecule has 1 unspecified atom stereocenters. The van der Waals surface area contributed by atoms with Crippen LogP contribution in [-0.2, 0) is 9.59 Å². The molecule has 2 rings (SSSR count). The molecular weight excluding hydrogens is 268 g/mol. The number of hydrogen-bond donors (Lipinski definition) is 3. The van der Waals surface area contributed by atoms with Crippen molar-refractivity contribution in [2.75, 3.05) is 13.2 Å². The van der Waals surface area contributed by atoms with E-state index in [1.807, 2.05) is 0 Å². The summed E-state index contributed by atoms with van der Waals surface area (Å²) in [7, 11) is 0. The second kappa shape index (κ2) is 8.37. The van der Waals surface area contributed by atoms with Gasteiger partial charge in [0, 0.05) is 31.5 Å². The zero-order valence-electron chi connectivity index (χ0n) is 12.8. The van der Waals surface area contributed by atoms with Gasteiger partial charge in [0.25, 0.3) is 0 Å². The molecule has 5 heteroatoms. The summed E-state index contributed by atoms with van der Waals surface area (Å²) >= 11 is 0. The SMILES string of the molecule is O=C(CCNC(=O)C1CCCCC1)NC(CCO)C1CC1. The number of carbonyl (C=O) groups is 2. The average Bonchev–Trinajstić information content (AvgIpc) is 3.32. The first-order chi connectivity index (χ1) is 10.2. The van der Waals surface area contributed by atoms with Crippen LogP contribution in [0.3, 0.4) is 0 Å². The van der Waals surface area contributed by atoms with Crippen LogP contribution in [0.5, 0.6) is 0 Å². The first kappa shape index (κ1) is 16.3. The van der Waals surface area contributed by atoms with Gasteiger partial charge in [-0.2, -0.15) is 0 Å². The first-order valence-electron chi connectivity index (χ1n) is 8.38. The van der Waals surface area contributed by atoms with Crippen LogP contribution in [0, 0.1) is 11.8 Å². The van der Waals surface area contributed by atoms with Gasteiger partial charge in [-0.15, -0.1) is 0 Å². The maximum absolute atomic E-state index is 11.9. The maximum Gasteiger partial charge on any atom is 0.223 e. The molecule has 1 atom stereocenters. The second-order valence-corrected chi connectivity index (χ2v) is 6.40. The molecule has 5 nitrogen and oxygen atoms in total. The van der Waals surface area contributed by atoms with E-state index >= 15 is 0 Å². The van der Waals surface area contributed by atoms with E-state index < -0.39 is 0 Å². The number of aliphatic hydroxyl groups is 1. The Labute approximate surface area is 126 Å². The van der Waals surface area contributed by atoms with Crippen molar-refractivity contribution in [1.29, 1.82) is 0 Å². The monoisotopic (exact) mass is 296 g/mol. The molecule has 2 saturated carbocycles. The van der Waals surface area contributed by atoms with E-state index in [1.165, 1.54) is 6.42 Å². The highest BCUT2D eigenvalue weighted by molar-refractivity contribution is 5.80. The summed E-state index contributed by atoms with van der Waals surface area (Å²) < 4.78 is 0. The molecule has 0 spiro atoms. The van der Waals surface area contributed by atoms with Crippen LogP contribution in [0.1, 0.15) is 57.8 Å². The van der Waals surface area contributed by atoms with Crippen molar-refractivity contribution in [3.63, 3.8) is 0 Å². The van der Waals surface area contributed by atoms with E-state index in [0.29, 0.717) is 25.3 Å². The summed E-state index contributed by atoms with van der Waals surface area (Å²) in [6, 6.07) is 0.108. The van der Waals surface area contributed by atoms with Gasteiger partial charge in [0.1, 0.15) is 0 Å². The van der Waals surface area contributed by atoms with Crippen molar-refractivity contribution in [2.45, 2.75) is 63.8 Å². The molecular formula is C16H28N2O3. The van der Waals surface area contributed by atoms with E-state index in [4.69, 9.17) is 5.11 Å². The molecule has 2 aliphatic rings. The molecule has 0 aromatic carbocycles. The van der Waals surface area contributed by atoms with Crippen LogP contribution in [0.4, 0.5) is 0 Å². The first-order valence-corrected chi connectivity index (χ1v) is 8.38. The van der Waals surface area contributed by atoms with E-state index in [1.54, 1.807) is 0 Å². The van der Waals surface area contributed by atoms with Crippen LogP contribution < -0.4 is 10.6 Å². The summed E-state index contributed by atoms with van der Waals surface area (Å²) in [5.41, 5.74) is 0. The van der Waals surface area contributed by atoms with Gasteiger partial charge in [-0.05, 0) is 38.0 Å². The zero-order chi connectivity index (χ0) is 15.1. The Bertz CT molecular complexity index is 349. The molecule has 0 saturated heterocycles. The van der Waals surface area contributed by atoms with Crippen molar-refractivity contribution in [1.82, 2.24) is 10.6 Å². The quantitative estimate of drug-likeness (QED) is 0.632. The van der Waals surface area contributed by atoms with Gasteiger partial charge in [-0.1, -0.05) is 19.3 Å². The van der Waals surface area contributed by atoms with Gasteiger partial charge in [0.05, 0.1) is 0 Å². The normalized spacial score (nSPS) is 20.8. The van der Waals surface area contributed by atoms with Crippen molar-refractivity contribution < 1.29 is 14.7 Å². The lowest BCUT2D eigenvalue weighted by Crippen LogP contribution is -2.40. The second-order valence-electron chi connectivity index (χ2n) is 6.40. The van der Waals surface area contributed by atoms with Crippen LogP contribution in [0.15, 0.2) is 0 Å². The van der Waals surface area contributed by atoms with Crippen molar-refractivity contribution in [3.8, 4) is 0 Å². The molecule has 0 aromatic rings. The Morgan fingerprint density at radius 1 is 1.10 bits per heavy atom. The van der Waals surface area contributed by atoms with Crippen LogP contribution in [0.25, 0.3) is 0 Å². The molecule has 3 N–H and O–H groups in total. The number of nitrogens with one attached hydrogen (secondary N) is 2. The van der Waals surface area contributed by atoms with Crippen LogP contribution >= 0.6 is 0 Å². The smallest absolute Gasteiger partial charge is 0.223 e. The van der Waals surface area contributed by atoms with E-state index in [0.717, 1.165) is 38.5 Å². The highest BCUT2D eigenvalue weighted by Gasteiger charge is 2.31. The molecule has 2 aliphatic carbocycles. The van der Waals surface area contributed by atoms with Gasteiger partial charge in [-0.3, -0.25) is 9.59 Å². The lowest BCUT2D eigenvalue weighted by molar-refractivity contribution is -0.126. The molecule has 0 bridgehead atoms. The molecule has 21 heavy (non-hydrogen) atoms. The summed E-state index contributed by atoms with van der Waals surface area (Å²) in [6.07, 6.45) is 8.73. The Balaban J connectivity index is 1.60. The Hall–Kier alpha value is -1.10. The van der Waals surface area contributed by atoms with E-state index in [-0.39, 0.29) is 30.4 Å². The Morgan fingerprint density at radius 3 is 2.43 bits per heavy atom. The van der Waals surface area contributed by atoms with E-state index in [2.05, 4.69) is 10.6 Å². The number of hydrogen-bond acceptors (Lipinski definition) is 3.